The molecule has 0 radical (unpaired) electrons. The number of nitrogens with two attached hydrogens (primary N) is 1. The van der Waals surface area contributed by atoms with E-state index in [0.29, 0.717) is 6.04 Å². The highest BCUT2D eigenvalue weighted by Gasteiger charge is 2.23. The summed E-state index contributed by atoms with van der Waals surface area (Å²) in [5.41, 5.74) is 5.86. The van der Waals surface area contributed by atoms with E-state index in [1.165, 1.54) is 38.1 Å². The predicted octanol–water partition coefficient (Wildman–Crippen LogP) is 1.43. The Kier molecular flexibility index (Phi) is 7.45. The number of hydrogen-bond acceptors (Lipinski definition) is 4. The Morgan fingerprint density at radius 2 is 2.12 bits per heavy atom. The fraction of sp³-hybridized carbons (Fsp3) is 1.00. The van der Waals surface area contributed by atoms with Crippen molar-refractivity contribution in [1.82, 2.24) is 4.90 Å². The van der Waals surface area contributed by atoms with Gasteiger partial charge in [-0.05, 0) is 50.3 Å². The largest absolute Gasteiger partial charge is 0.384 e. The molecule has 0 aromatic heterocycles. The lowest BCUT2D eigenvalue weighted by Gasteiger charge is -2.37. The standard InChI is InChI=1S/C12H26N2OS/c1-15-10-11-3-6-14(7-4-11)12(9-13)5-8-16-2/h11-12H,3-10,13H2,1-2H3. The Morgan fingerprint density at radius 3 is 2.62 bits per heavy atom. The molecule has 0 aliphatic carbocycles. The summed E-state index contributed by atoms with van der Waals surface area (Å²) in [5.74, 6) is 1.99. The Bertz CT molecular complexity index is 172. The third-order valence-corrected chi connectivity index (χ3v) is 4.14. The van der Waals surface area contributed by atoms with E-state index in [0.717, 1.165) is 19.1 Å². The van der Waals surface area contributed by atoms with E-state index in [9.17, 15) is 0 Å². The van der Waals surface area contributed by atoms with Crippen LogP contribution >= 0.6 is 11.8 Å². The van der Waals surface area contributed by atoms with Crippen LogP contribution in [0.1, 0.15) is 19.3 Å². The summed E-state index contributed by atoms with van der Waals surface area (Å²) in [4.78, 5) is 2.57. The summed E-state index contributed by atoms with van der Waals surface area (Å²) in [5, 5.41) is 0. The van der Waals surface area contributed by atoms with Gasteiger partial charge in [0.25, 0.3) is 0 Å². The van der Waals surface area contributed by atoms with Crippen molar-refractivity contribution in [3.8, 4) is 0 Å². The van der Waals surface area contributed by atoms with Gasteiger partial charge in [0.1, 0.15) is 0 Å². The number of likely N-dealkylation sites (tertiary alicyclic amines) is 1. The fourth-order valence-corrected chi connectivity index (χ4v) is 2.93. The normalized spacial score (nSPS) is 21.2. The number of rotatable bonds is 7. The van der Waals surface area contributed by atoms with Gasteiger partial charge in [-0.3, -0.25) is 4.90 Å². The molecule has 1 aliphatic heterocycles. The number of ether oxygens (including phenoxy) is 1. The SMILES string of the molecule is COCC1CCN(C(CN)CCSC)CC1. The summed E-state index contributed by atoms with van der Waals surface area (Å²) in [6, 6.07) is 0.593. The second kappa shape index (κ2) is 8.34. The van der Waals surface area contributed by atoms with Gasteiger partial charge < -0.3 is 10.5 Å². The number of piperidine rings is 1. The number of methoxy groups -OCH3 is 1. The van der Waals surface area contributed by atoms with E-state index < -0.39 is 0 Å². The van der Waals surface area contributed by atoms with Crippen LogP contribution in [0.5, 0.6) is 0 Å². The molecule has 1 fully saturated rings. The summed E-state index contributed by atoms with van der Waals surface area (Å²) in [6.45, 7) is 4.12. The van der Waals surface area contributed by atoms with Crippen molar-refractivity contribution in [2.75, 3.05) is 45.4 Å². The van der Waals surface area contributed by atoms with Gasteiger partial charge in [0.15, 0.2) is 0 Å². The second-order valence-corrected chi connectivity index (χ2v) is 5.59. The smallest absolute Gasteiger partial charge is 0.0491 e. The molecule has 0 bridgehead atoms. The molecule has 96 valence electrons. The maximum atomic E-state index is 5.86. The Hall–Kier alpha value is 0.230. The molecule has 0 spiro atoms. The Morgan fingerprint density at radius 1 is 1.44 bits per heavy atom. The molecule has 1 heterocycles. The molecule has 0 amide bonds. The van der Waals surface area contributed by atoms with Gasteiger partial charge in [-0.1, -0.05) is 0 Å². The lowest BCUT2D eigenvalue weighted by Crippen LogP contribution is -2.45. The Labute approximate surface area is 104 Å². The minimum absolute atomic E-state index is 0.593. The van der Waals surface area contributed by atoms with Crippen LogP contribution in [-0.2, 0) is 4.74 Å². The molecular weight excluding hydrogens is 220 g/mol. The van der Waals surface area contributed by atoms with Crippen molar-refractivity contribution in [3.05, 3.63) is 0 Å². The maximum Gasteiger partial charge on any atom is 0.0491 e. The van der Waals surface area contributed by atoms with E-state index in [-0.39, 0.29) is 0 Å². The van der Waals surface area contributed by atoms with Gasteiger partial charge in [0.05, 0.1) is 0 Å². The topological polar surface area (TPSA) is 38.5 Å². The summed E-state index contributed by atoms with van der Waals surface area (Å²) < 4.78 is 5.22. The van der Waals surface area contributed by atoms with Crippen LogP contribution in [0, 0.1) is 5.92 Å². The molecular formula is C12H26N2OS. The molecule has 1 unspecified atom stereocenters. The average Bonchev–Trinajstić information content (AvgIpc) is 2.32. The van der Waals surface area contributed by atoms with E-state index in [2.05, 4.69) is 11.2 Å². The minimum Gasteiger partial charge on any atom is -0.384 e. The second-order valence-electron chi connectivity index (χ2n) is 4.61. The summed E-state index contributed by atoms with van der Waals surface area (Å²) in [7, 11) is 1.80. The zero-order valence-electron chi connectivity index (χ0n) is 10.7. The molecule has 1 atom stereocenters. The molecule has 2 N–H and O–H groups in total. The van der Waals surface area contributed by atoms with Gasteiger partial charge in [-0.25, -0.2) is 0 Å². The van der Waals surface area contributed by atoms with Crippen LogP contribution in [0.3, 0.4) is 0 Å². The van der Waals surface area contributed by atoms with Crippen molar-refractivity contribution in [2.24, 2.45) is 11.7 Å². The monoisotopic (exact) mass is 246 g/mol. The van der Waals surface area contributed by atoms with Crippen molar-refractivity contribution in [1.29, 1.82) is 0 Å². The van der Waals surface area contributed by atoms with Gasteiger partial charge >= 0.3 is 0 Å². The highest BCUT2D eigenvalue weighted by Crippen LogP contribution is 2.20. The maximum absolute atomic E-state index is 5.86. The molecule has 0 aromatic rings. The van der Waals surface area contributed by atoms with Crippen LogP contribution in [0.4, 0.5) is 0 Å². The predicted molar refractivity (Wildman–Crippen MR) is 72.0 cm³/mol. The van der Waals surface area contributed by atoms with Crippen molar-refractivity contribution < 1.29 is 4.74 Å². The quantitative estimate of drug-likeness (QED) is 0.737. The van der Waals surface area contributed by atoms with E-state index in [1.807, 2.05) is 11.8 Å². The molecule has 3 nitrogen and oxygen atoms in total. The van der Waals surface area contributed by atoms with E-state index in [1.54, 1.807) is 7.11 Å². The van der Waals surface area contributed by atoms with Gasteiger partial charge in [0.2, 0.25) is 0 Å². The van der Waals surface area contributed by atoms with Crippen LogP contribution in [0.2, 0.25) is 0 Å². The fourth-order valence-electron chi connectivity index (χ4n) is 2.42. The molecule has 1 saturated heterocycles. The molecule has 0 aromatic carbocycles. The van der Waals surface area contributed by atoms with Gasteiger partial charge in [0, 0.05) is 26.3 Å². The Balaban J connectivity index is 2.27. The molecule has 1 rings (SSSR count). The zero-order valence-corrected chi connectivity index (χ0v) is 11.5. The minimum atomic E-state index is 0.593. The first-order valence-corrected chi connectivity index (χ1v) is 7.63. The summed E-state index contributed by atoms with van der Waals surface area (Å²) >= 11 is 1.92. The molecule has 16 heavy (non-hydrogen) atoms. The number of thioether (sulfide) groups is 1. The number of nitrogens with zero attached hydrogens (tertiary/aromatic N) is 1. The zero-order chi connectivity index (χ0) is 11.8. The van der Waals surface area contributed by atoms with Gasteiger partial charge in [-0.2, -0.15) is 11.8 Å². The van der Waals surface area contributed by atoms with Gasteiger partial charge in [-0.15, -0.1) is 0 Å². The first-order valence-electron chi connectivity index (χ1n) is 6.23. The lowest BCUT2D eigenvalue weighted by molar-refractivity contribution is 0.0805. The van der Waals surface area contributed by atoms with Crippen LogP contribution in [0.25, 0.3) is 0 Å². The van der Waals surface area contributed by atoms with Crippen molar-refractivity contribution in [3.63, 3.8) is 0 Å². The van der Waals surface area contributed by atoms with Crippen LogP contribution in [-0.4, -0.2) is 56.3 Å². The van der Waals surface area contributed by atoms with E-state index >= 15 is 0 Å². The highest BCUT2D eigenvalue weighted by atomic mass is 32.2. The highest BCUT2D eigenvalue weighted by molar-refractivity contribution is 7.98. The van der Waals surface area contributed by atoms with Crippen molar-refractivity contribution >= 4 is 11.8 Å². The first kappa shape index (κ1) is 14.3. The average molecular weight is 246 g/mol. The summed E-state index contributed by atoms with van der Waals surface area (Å²) in [6.07, 6.45) is 5.93. The van der Waals surface area contributed by atoms with E-state index in [4.69, 9.17) is 10.5 Å². The van der Waals surface area contributed by atoms with Crippen molar-refractivity contribution in [2.45, 2.75) is 25.3 Å². The third kappa shape index (κ3) is 4.62. The van der Waals surface area contributed by atoms with Crippen LogP contribution in [0.15, 0.2) is 0 Å². The molecule has 4 heteroatoms. The third-order valence-electron chi connectivity index (χ3n) is 3.50. The van der Waals surface area contributed by atoms with Crippen LogP contribution < -0.4 is 5.73 Å². The number of hydrogen-bond donors (Lipinski definition) is 1. The first-order chi connectivity index (χ1) is 7.81. The molecule has 0 saturated carbocycles. The lowest BCUT2D eigenvalue weighted by atomic mass is 9.96. The molecule has 1 aliphatic rings.